The van der Waals surface area contributed by atoms with E-state index in [1.54, 1.807) is 6.92 Å². The van der Waals surface area contributed by atoms with E-state index >= 15 is 0 Å². The Kier molecular flexibility index (Phi) is 9.27. The fourth-order valence-electron chi connectivity index (χ4n) is 1.75. The van der Waals surface area contributed by atoms with Gasteiger partial charge in [0.05, 0.1) is 0 Å². The molecule has 0 N–H and O–H groups in total. The van der Waals surface area contributed by atoms with Crippen molar-refractivity contribution in [1.82, 2.24) is 0 Å². The van der Waals surface area contributed by atoms with Crippen LogP contribution in [-0.4, -0.2) is 89.0 Å². The fraction of sp³-hybridized carbons (Fsp3) is 0.917. The topological polar surface area (TPSA) is 0 Å². The van der Waals surface area contributed by atoms with Crippen molar-refractivity contribution in [3.63, 3.8) is 0 Å². The van der Waals surface area contributed by atoms with Crippen LogP contribution in [0.25, 0.3) is 0 Å². The molecule has 0 spiro atoms. The van der Waals surface area contributed by atoms with Crippen LogP contribution in [0, 0.1) is 6.92 Å². The second kappa shape index (κ2) is 8.83. The molecule has 34 heavy (non-hydrogen) atoms. The molecule has 0 aromatic carbocycles. The average Bonchev–Trinajstić information content (AvgIpc) is 2.59. The van der Waals surface area contributed by atoms with Gasteiger partial charge in [-0.25, -0.2) is 0 Å². The zero-order valence-corrected chi connectivity index (χ0v) is 14.4. The minimum absolute atomic E-state index is 0. The molecule has 0 aliphatic heterocycles. The fourth-order valence-corrected chi connectivity index (χ4v) is 1.75. The molecule has 0 rings (SSSR count). The van der Waals surface area contributed by atoms with Gasteiger partial charge in [0, 0.05) is 6.42 Å². The normalized spacial score (nSPS) is 16.4. The first-order valence-electron chi connectivity index (χ1n) is 7.07. The third-order valence-corrected chi connectivity index (χ3v) is 3.89. The van der Waals surface area contributed by atoms with E-state index in [1.165, 1.54) is 0 Å². The molecule has 0 fully saturated rings. The third kappa shape index (κ3) is 4.21. The maximum atomic E-state index is 13.3. The van der Waals surface area contributed by atoms with Crippen LogP contribution < -0.4 is 0 Å². The van der Waals surface area contributed by atoms with Crippen LogP contribution in [0.3, 0.4) is 0 Å². The number of alkyl halides is 21. The van der Waals surface area contributed by atoms with Crippen molar-refractivity contribution in [2.75, 3.05) is 0 Å². The monoisotopic (exact) mass is 571 g/mol. The van der Waals surface area contributed by atoms with Gasteiger partial charge in [0.15, 0.2) is 0 Å². The summed E-state index contributed by atoms with van der Waals surface area (Å²) in [5.41, 5.74) is 0. The van der Waals surface area contributed by atoms with Gasteiger partial charge in [-0.1, -0.05) is 0 Å². The predicted octanol–water partition coefficient (Wildman–Crippen LogP) is 6.84. The van der Waals surface area contributed by atoms with Gasteiger partial charge in [-0.15, -0.1) is 0 Å². The second-order valence-corrected chi connectivity index (χ2v) is 6.05. The summed E-state index contributed by atoms with van der Waals surface area (Å²) in [5.74, 6) is -76.5. The molecule has 0 aliphatic rings. The van der Waals surface area contributed by atoms with Crippen LogP contribution in [0.1, 0.15) is 6.42 Å². The number of hydrogen-bond donors (Lipinski definition) is 0. The second-order valence-electron chi connectivity index (χ2n) is 6.05. The first-order valence-corrected chi connectivity index (χ1v) is 7.07. The van der Waals surface area contributed by atoms with Crippen LogP contribution in [0.15, 0.2) is 0 Å². The molecule has 0 bridgehead atoms. The molecule has 0 aromatic heterocycles. The Morgan fingerprint density at radius 3 is 0.676 bits per heavy atom. The Morgan fingerprint density at radius 1 is 0.324 bits per heavy atom. The van der Waals surface area contributed by atoms with Crippen LogP contribution in [0.5, 0.6) is 0 Å². The summed E-state index contributed by atoms with van der Waals surface area (Å²) in [7, 11) is 0. The summed E-state index contributed by atoms with van der Waals surface area (Å²) < 4.78 is 271. The predicted molar refractivity (Wildman–Crippen MR) is 67.7 cm³/mol. The van der Waals surface area contributed by atoms with Crippen LogP contribution in [0.4, 0.5) is 92.2 Å². The molecular weight excluding hydrogens is 566 g/mol. The van der Waals surface area contributed by atoms with Crippen molar-refractivity contribution >= 4 is 29.6 Å². The number of halogens is 21. The molecule has 1 radical (unpaired) electrons. The summed E-state index contributed by atoms with van der Waals surface area (Å²) in [6.07, 6.45) is -10.9. The maximum absolute atomic E-state index is 13.3. The van der Waals surface area contributed by atoms with Crippen molar-refractivity contribution in [1.29, 1.82) is 0 Å². The standard InChI is InChI=1S/C12H4F21.Na.H/c1-2-3(13,14)4(15,16)5(17,18)6(19,20)7(21,22)8(23,24)9(25,26)10(27,28)11(29,30)12(31,32)33;;/h1-2H2;;. The Morgan fingerprint density at radius 2 is 0.500 bits per heavy atom. The summed E-state index contributed by atoms with van der Waals surface area (Å²) in [6.45, 7) is 1.80. The summed E-state index contributed by atoms with van der Waals surface area (Å²) in [6, 6.07) is 0. The summed E-state index contributed by atoms with van der Waals surface area (Å²) >= 11 is 0. The zero-order valence-electron chi connectivity index (χ0n) is 14.4. The first-order chi connectivity index (χ1) is 13.8. The minimum atomic E-state index is -9.14. The summed E-state index contributed by atoms with van der Waals surface area (Å²) in [5, 5.41) is 0. The van der Waals surface area contributed by atoms with E-state index in [1.807, 2.05) is 0 Å². The van der Waals surface area contributed by atoms with Gasteiger partial charge in [-0.05, 0) is 6.92 Å². The molecule has 0 unspecified atom stereocenters. The van der Waals surface area contributed by atoms with Crippen LogP contribution in [-0.2, 0) is 0 Å². The molecule has 201 valence electrons. The molecule has 0 heterocycles. The van der Waals surface area contributed by atoms with Crippen molar-refractivity contribution in [3.8, 4) is 0 Å². The van der Waals surface area contributed by atoms with Gasteiger partial charge in [-0.2, -0.15) is 92.2 Å². The van der Waals surface area contributed by atoms with E-state index in [0.29, 0.717) is 0 Å². The quantitative estimate of drug-likeness (QED) is 0.210. The molecule has 0 aliphatic carbocycles. The zero-order chi connectivity index (χ0) is 27.7. The van der Waals surface area contributed by atoms with E-state index in [-0.39, 0.29) is 29.6 Å². The third-order valence-electron chi connectivity index (χ3n) is 3.89. The van der Waals surface area contributed by atoms with Crippen LogP contribution in [0.2, 0.25) is 0 Å². The van der Waals surface area contributed by atoms with E-state index < -0.39 is 65.9 Å². The molecular formula is C12H5F21Na. The van der Waals surface area contributed by atoms with Gasteiger partial charge in [-0.3, -0.25) is 0 Å². The molecule has 0 atom stereocenters. The molecule has 0 amide bonds. The molecule has 0 saturated heterocycles. The van der Waals surface area contributed by atoms with Crippen molar-refractivity contribution < 1.29 is 92.2 Å². The molecule has 0 nitrogen and oxygen atoms in total. The van der Waals surface area contributed by atoms with E-state index in [2.05, 4.69) is 0 Å². The van der Waals surface area contributed by atoms with Crippen molar-refractivity contribution in [3.05, 3.63) is 6.92 Å². The Labute approximate surface area is 195 Å². The molecule has 22 heteroatoms. The molecule has 0 saturated carbocycles. The van der Waals surface area contributed by atoms with E-state index in [4.69, 9.17) is 0 Å². The Hall–Kier alpha value is -0.470. The van der Waals surface area contributed by atoms with Crippen LogP contribution >= 0.6 is 0 Å². The SMILES string of the molecule is [CH2]CC(F)(F)C(F)(F)C(F)(F)C(F)(F)C(F)(F)C(F)(F)C(F)(F)C(F)(F)C(F)(F)C(F)(F)F.[NaH]. The Balaban J connectivity index is 0. The van der Waals surface area contributed by atoms with Crippen molar-refractivity contribution in [2.45, 2.75) is 65.9 Å². The number of rotatable bonds is 9. The first kappa shape index (κ1) is 35.7. The van der Waals surface area contributed by atoms with Gasteiger partial charge in [0.25, 0.3) is 0 Å². The number of hydrogen-bond acceptors (Lipinski definition) is 0. The van der Waals surface area contributed by atoms with Crippen molar-refractivity contribution in [2.24, 2.45) is 0 Å². The van der Waals surface area contributed by atoms with Gasteiger partial charge in [0.1, 0.15) is 0 Å². The van der Waals surface area contributed by atoms with E-state index in [9.17, 15) is 92.2 Å². The van der Waals surface area contributed by atoms with E-state index in [0.717, 1.165) is 0 Å². The molecule has 0 aromatic rings. The van der Waals surface area contributed by atoms with Gasteiger partial charge < -0.3 is 0 Å². The Bertz CT molecular complexity index is 716. The average molecular weight is 571 g/mol. The summed E-state index contributed by atoms with van der Waals surface area (Å²) in [4.78, 5) is 0. The van der Waals surface area contributed by atoms with Gasteiger partial charge in [0.2, 0.25) is 0 Å². The van der Waals surface area contributed by atoms with Gasteiger partial charge >= 0.3 is 89.0 Å².